The summed E-state index contributed by atoms with van der Waals surface area (Å²) in [5.41, 5.74) is -0.838. The van der Waals surface area contributed by atoms with E-state index in [0.29, 0.717) is 24.6 Å². The van der Waals surface area contributed by atoms with E-state index in [1.165, 1.54) is 40.4 Å². The summed E-state index contributed by atoms with van der Waals surface area (Å²) < 4.78 is 56.3. The van der Waals surface area contributed by atoms with Crippen LogP contribution in [0.3, 0.4) is 0 Å². The van der Waals surface area contributed by atoms with Crippen molar-refractivity contribution in [3.8, 4) is 0 Å². The summed E-state index contributed by atoms with van der Waals surface area (Å²) in [6.45, 7) is 1.50. The SMILES string of the molecule is Cn1c(=O)n(Cc2ccc(F)cc2)c(=O)c2c1nc(N1CCC3CNCC31)n2CCC(F)(F)F. The second kappa shape index (κ2) is 8.26. The van der Waals surface area contributed by atoms with Crippen molar-refractivity contribution >= 4 is 17.1 Å². The minimum absolute atomic E-state index is 0.0436. The normalized spacial score (nSPS) is 20.4. The van der Waals surface area contributed by atoms with Gasteiger partial charge in [-0.1, -0.05) is 12.1 Å². The zero-order valence-corrected chi connectivity index (χ0v) is 18.5. The van der Waals surface area contributed by atoms with E-state index in [9.17, 15) is 27.2 Å². The predicted octanol–water partition coefficient (Wildman–Crippen LogP) is 1.83. The zero-order valence-electron chi connectivity index (χ0n) is 18.5. The van der Waals surface area contributed by atoms with Gasteiger partial charge in [-0.05, 0) is 30.0 Å². The van der Waals surface area contributed by atoms with Crippen LogP contribution in [0.5, 0.6) is 0 Å². The van der Waals surface area contributed by atoms with Crippen molar-refractivity contribution in [2.24, 2.45) is 13.0 Å². The molecule has 2 aromatic heterocycles. The fourth-order valence-electron chi connectivity index (χ4n) is 5.04. The molecule has 182 valence electrons. The van der Waals surface area contributed by atoms with Gasteiger partial charge in [0.1, 0.15) is 5.82 Å². The molecule has 5 rings (SSSR count). The Bertz CT molecular complexity index is 1340. The molecule has 1 N–H and O–H groups in total. The van der Waals surface area contributed by atoms with E-state index in [0.717, 1.165) is 17.5 Å². The van der Waals surface area contributed by atoms with E-state index in [1.54, 1.807) is 0 Å². The number of hydrogen-bond acceptors (Lipinski definition) is 5. The highest BCUT2D eigenvalue weighted by molar-refractivity contribution is 5.75. The van der Waals surface area contributed by atoms with Crippen LogP contribution >= 0.6 is 0 Å². The van der Waals surface area contributed by atoms with Crippen LogP contribution in [0, 0.1) is 11.7 Å². The first-order valence-electron chi connectivity index (χ1n) is 11.1. The molecule has 0 saturated carbocycles. The van der Waals surface area contributed by atoms with Crippen LogP contribution in [0.15, 0.2) is 33.9 Å². The molecule has 2 fully saturated rings. The van der Waals surface area contributed by atoms with Crippen molar-refractivity contribution in [2.45, 2.75) is 38.1 Å². The molecule has 2 aliphatic rings. The summed E-state index contributed by atoms with van der Waals surface area (Å²) in [5.74, 6) is 0.177. The molecule has 0 radical (unpaired) electrons. The standard InChI is InChI=1S/C22H24F4N6O2/c1-29-18-17(19(33)32(21(29)34)12-13-2-4-15(23)5-3-13)31(9-7-22(24,25)26)20(28-18)30-8-6-14-10-27-11-16(14)30/h2-5,14,16,27H,6-12H2,1H3. The molecular formula is C22H24F4N6O2. The number of imidazole rings is 1. The smallest absolute Gasteiger partial charge is 0.338 e. The van der Waals surface area contributed by atoms with Gasteiger partial charge >= 0.3 is 11.9 Å². The molecule has 0 amide bonds. The van der Waals surface area contributed by atoms with Gasteiger partial charge in [0.15, 0.2) is 11.2 Å². The Kier molecular flexibility index (Phi) is 5.50. The first-order chi connectivity index (χ1) is 16.1. The Morgan fingerprint density at radius 2 is 1.85 bits per heavy atom. The summed E-state index contributed by atoms with van der Waals surface area (Å²) >= 11 is 0. The molecule has 2 unspecified atom stereocenters. The van der Waals surface area contributed by atoms with Crippen molar-refractivity contribution in [3.63, 3.8) is 0 Å². The number of nitrogens with zero attached hydrogens (tertiary/aromatic N) is 5. The van der Waals surface area contributed by atoms with Gasteiger partial charge in [0.2, 0.25) is 5.95 Å². The summed E-state index contributed by atoms with van der Waals surface area (Å²) in [4.78, 5) is 33.0. The highest BCUT2D eigenvalue weighted by atomic mass is 19.4. The maximum atomic E-state index is 13.5. The number of hydrogen-bond donors (Lipinski definition) is 1. The number of fused-ring (bicyclic) bond motifs is 2. The highest BCUT2D eigenvalue weighted by Crippen LogP contribution is 2.33. The lowest BCUT2D eigenvalue weighted by Gasteiger charge is -2.25. The number of halogens is 4. The number of aryl methyl sites for hydroxylation is 2. The van der Waals surface area contributed by atoms with Crippen LogP contribution in [0.4, 0.5) is 23.5 Å². The van der Waals surface area contributed by atoms with Crippen molar-refractivity contribution < 1.29 is 17.6 Å². The Hall–Kier alpha value is -3.15. The minimum Gasteiger partial charge on any atom is -0.338 e. The van der Waals surface area contributed by atoms with Crippen LogP contribution in [-0.2, 0) is 20.1 Å². The number of nitrogens with one attached hydrogen (secondary N) is 1. The molecule has 2 aliphatic heterocycles. The average molecular weight is 480 g/mol. The van der Waals surface area contributed by atoms with Gasteiger partial charge in [-0.15, -0.1) is 0 Å². The Morgan fingerprint density at radius 1 is 1.12 bits per heavy atom. The lowest BCUT2D eigenvalue weighted by molar-refractivity contribution is -0.136. The van der Waals surface area contributed by atoms with E-state index in [4.69, 9.17) is 0 Å². The average Bonchev–Trinajstić information content (AvgIpc) is 3.49. The van der Waals surface area contributed by atoms with E-state index in [2.05, 4.69) is 10.3 Å². The molecular weight excluding hydrogens is 456 g/mol. The summed E-state index contributed by atoms with van der Waals surface area (Å²) in [7, 11) is 1.44. The molecule has 1 aromatic carbocycles. The van der Waals surface area contributed by atoms with Gasteiger partial charge < -0.3 is 14.8 Å². The first kappa shape index (κ1) is 22.6. The fourth-order valence-corrected chi connectivity index (χ4v) is 5.04. The summed E-state index contributed by atoms with van der Waals surface area (Å²) in [6.07, 6.45) is -4.69. The monoisotopic (exact) mass is 480 g/mol. The lowest BCUT2D eigenvalue weighted by Crippen LogP contribution is -2.40. The quantitative estimate of drug-likeness (QED) is 0.564. The molecule has 0 aliphatic carbocycles. The molecule has 2 saturated heterocycles. The maximum absolute atomic E-state index is 13.5. The van der Waals surface area contributed by atoms with Crippen LogP contribution in [-0.4, -0.2) is 50.5 Å². The van der Waals surface area contributed by atoms with Crippen LogP contribution in [0.1, 0.15) is 18.4 Å². The number of aromatic nitrogens is 4. The molecule has 3 aromatic rings. The Balaban J connectivity index is 1.67. The van der Waals surface area contributed by atoms with Gasteiger partial charge in [0.05, 0.1) is 13.0 Å². The molecule has 12 heteroatoms. The van der Waals surface area contributed by atoms with E-state index in [1.807, 2.05) is 4.90 Å². The van der Waals surface area contributed by atoms with Gasteiger partial charge in [0, 0.05) is 39.3 Å². The molecule has 0 bridgehead atoms. The third kappa shape index (κ3) is 3.89. The van der Waals surface area contributed by atoms with E-state index in [-0.39, 0.29) is 29.7 Å². The van der Waals surface area contributed by atoms with Crippen molar-refractivity contribution in [3.05, 3.63) is 56.5 Å². The largest absolute Gasteiger partial charge is 0.390 e. The van der Waals surface area contributed by atoms with Gasteiger partial charge in [-0.3, -0.25) is 13.9 Å². The van der Waals surface area contributed by atoms with Crippen LogP contribution in [0.2, 0.25) is 0 Å². The lowest BCUT2D eigenvalue weighted by atomic mass is 10.1. The summed E-state index contributed by atoms with van der Waals surface area (Å²) in [6, 6.07) is 5.41. The van der Waals surface area contributed by atoms with Gasteiger partial charge in [-0.25, -0.2) is 9.18 Å². The fraction of sp³-hybridized carbons (Fsp3) is 0.500. The van der Waals surface area contributed by atoms with Crippen molar-refractivity contribution in [1.82, 2.24) is 24.0 Å². The first-order valence-corrected chi connectivity index (χ1v) is 11.1. The van der Waals surface area contributed by atoms with Crippen LogP contribution < -0.4 is 21.5 Å². The number of benzene rings is 1. The van der Waals surface area contributed by atoms with Crippen LogP contribution in [0.25, 0.3) is 11.2 Å². The Labute approximate surface area is 191 Å². The minimum atomic E-state index is -4.43. The van der Waals surface area contributed by atoms with Crippen molar-refractivity contribution in [1.29, 1.82) is 0 Å². The third-order valence-electron chi connectivity index (χ3n) is 6.79. The molecule has 34 heavy (non-hydrogen) atoms. The molecule has 4 heterocycles. The molecule has 8 nitrogen and oxygen atoms in total. The highest BCUT2D eigenvalue weighted by Gasteiger charge is 2.40. The number of alkyl halides is 3. The van der Waals surface area contributed by atoms with E-state index >= 15 is 0 Å². The topological polar surface area (TPSA) is 77.1 Å². The second-order valence-electron chi connectivity index (χ2n) is 8.93. The Morgan fingerprint density at radius 3 is 2.56 bits per heavy atom. The summed E-state index contributed by atoms with van der Waals surface area (Å²) in [5, 5.41) is 3.30. The molecule has 0 spiro atoms. The third-order valence-corrected chi connectivity index (χ3v) is 6.79. The van der Waals surface area contributed by atoms with Crippen molar-refractivity contribution in [2.75, 3.05) is 24.5 Å². The predicted molar refractivity (Wildman–Crippen MR) is 118 cm³/mol. The van der Waals surface area contributed by atoms with E-state index < -0.39 is 36.2 Å². The number of anilines is 1. The molecule has 2 atom stereocenters. The van der Waals surface area contributed by atoms with Gasteiger partial charge in [0.25, 0.3) is 5.56 Å². The second-order valence-corrected chi connectivity index (χ2v) is 8.93. The maximum Gasteiger partial charge on any atom is 0.390 e. The number of rotatable bonds is 5. The zero-order chi connectivity index (χ0) is 24.2. The van der Waals surface area contributed by atoms with Gasteiger partial charge in [-0.2, -0.15) is 18.2 Å².